The Bertz CT molecular complexity index is 1710. The first-order valence-corrected chi connectivity index (χ1v) is 21.5. The van der Waals surface area contributed by atoms with Gasteiger partial charge in [-0.2, -0.15) is 0 Å². The van der Waals surface area contributed by atoms with Crippen molar-refractivity contribution in [3.05, 3.63) is 71.8 Å². The summed E-state index contributed by atoms with van der Waals surface area (Å²) in [5.74, 6) is -2.52. The van der Waals surface area contributed by atoms with E-state index in [9.17, 15) is 36.4 Å². The topological polar surface area (TPSA) is 157 Å². The van der Waals surface area contributed by atoms with E-state index >= 15 is 0 Å². The summed E-state index contributed by atoms with van der Waals surface area (Å²) in [4.78, 5) is 57.1. The number of rotatable bonds is 17. The molecule has 1 aliphatic rings. The van der Waals surface area contributed by atoms with Gasteiger partial charge >= 0.3 is 6.03 Å². The van der Waals surface area contributed by atoms with Crippen LogP contribution in [0.1, 0.15) is 91.7 Å². The summed E-state index contributed by atoms with van der Waals surface area (Å²) >= 11 is 0. The summed E-state index contributed by atoms with van der Waals surface area (Å²) in [5.41, 5.74) is 0.666. The lowest BCUT2D eigenvalue weighted by Crippen LogP contribution is -2.62. The number of carbonyl (C=O) groups excluding carboxylic acids is 4. The van der Waals surface area contributed by atoms with Gasteiger partial charge in [-0.15, -0.1) is 0 Å². The van der Waals surface area contributed by atoms with Gasteiger partial charge in [-0.3, -0.25) is 14.4 Å². The highest BCUT2D eigenvalue weighted by Gasteiger charge is 2.48. The van der Waals surface area contributed by atoms with Gasteiger partial charge in [0.2, 0.25) is 34.2 Å². The number of nitrogens with one attached hydrogen (secondary N) is 4. The Morgan fingerprint density at radius 2 is 1.40 bits per heavy atom. The minimum Gasteiger partial charge on any atom is -0.354 e. The SMILES string of the molecule is CC(C)[C@H]1CCN(C(=O)[C@@H](NC(=O)N[C@H](CN(C)S(C)(=O)=O)C(C)(C)C)C(C)(C)C)[C@@H]1C(=O)N[C@@H](CC(F)F)C(=O)NCCC(c1ccccc1)c1ccccc1. The number of likely N-dealkylation sites (N-methyl/N-ethyl adjacent to an activating group) is 1. The van der Waals surface area contributed by atoms with Gasteiger partial charge < -0.3 is 26.2 Å². The quantitative estimate of drug-likeness (QED) is 0.169. The number of sulfonamides is 1. The summed E-state index contributed by atoms with van der Waals surface area (Å²) in [6, 6.07) is 14.4. The summed E-state index contributed by atoms with van der Waals surface area (Å²) in [6.45, 7) is 15.0. The summed E-state index contributed by atoms with van der Waals surface area (Å²) in [5, 5.41) is 11.0. The van der Waals surface area contributed by atoms with Gasteiger partial charge in [-0.1, -0.05) is 116 Å². The fraction of sp³-hybridized carbons (Fsp3) is 0.619. The molecule has 12 nitrogen and oxygen atoms in total. The Balaban J connectivity index is 1.81. The monoisotopic (exact) mass is 818 g/mol. The Hall–Kier alpha value is -4.11. The van der Waals surface area contributed by atoms with Crippen LogP contribution in [0.15, 0.2) is 60.7 Å². The maximum Gasteiger partial charge on any atom is 0.315 e. The Morgan fingerprint density at radius 3 is 1.86 bits per heavy atom. The van der Waals surface area contributed by atoms with E-state index in [2.05, 4.69) is 21.3 Å². The minimum absolute atomic E-state index is 0.0116. The molecule has 2 aromatic carbocycles. The number of hydrogen-bond donors (Lipinski definition) is 4. The molecule has 4 N–H and O–H groups in total. The molecule has 2 aromatic rings. The molecule has 1 aliphatic heterocycles. The van der Waals surface area contributed by atoms with Gasteiger partial charge in [-0.05, 0) is 46.6 Å². The van der Waals surface area contributed by atoms with E-state index in [4.69, 9.17) is 0 Å². The maximum absolute atomic E-state index is 14.5. The van der Waals surface area contributed by atoms with E-state index in [0.29, 0.717) is 12.8 Å². The zero-order valence-corrected chi connectivity index (χ0v) is 36.0. The molecule has 1 heterocycles. The second-order valence-corrected chi connectivity index (χ2v) is 19.8. The van der Waals surface area contributed by atoms with E-state index in [0.717, 1.165) is 21.7 Å². The van der Waals surface area contributed by atoms with Crippen molar-refractivity contribution < 1.29 is 36.4 Å². The van der Waals surface area contributed by atoms with E-state index < -0.39 is 81.6 Å². The number of nitrogens with zero attached hydrogens (tertiary/aromatic N) is 2. The van der Waals surface area contributed by atoms with E-state index in [1.54, 1.807) is 20.8 Å². The fourth-order valence-corrected chi connectivity index (χ4v) is 7.62. The van der Waals surface area contributed by atoms with Crippen molar-refractivity contribution in [2.45, 2.75) is 111 Å². The molecule has 5 atom stereocenters. The minimum atomic E-state index is -3.55. The summed E-state index contributed by atoms with van der Waals surface area (Å²) < 4.78 is 53.4. The average molecular weight is 819 g/mol. The number of amides is 5. The van der Waals surface area contributed by atoms with E-state index in [-0.39, 0.29) is 37.4 Å². The number of alkyl halides is 2. The smallest absolute Gasteiger partial charge is 0.315 e. The van der Waals surface area contributed by atoms with Crippen LogP contribution in [-0.4, -0.2) is 105 Å². The van der Waals surface area contributed by atoms with E-state index in [1.165, 1.54) is 11.9 Å². The van der Waals surface area contributed by atoms with Crippen molar-refractivity contribution in [2.75, 3.05) is 32.9 Å². The van der Waals surface area contributed by atoms with Crippen molar-refractivity contribution in [2.24, 2.45) is 22.7 Å². The van der Waals surface area contributed by atoms with Gasteiger partial charge in [0, 0.05) is 45.1 Å². The molecule has 0 saturated carbocycles. The lowest BCUT2D eigenvalue weighted by atomic mass is 9.84. The van der Waals surface area contributed by atoms with Gasteiger partial charge in [0.15, 0.2) is 0 Å². The molecule has 0 aromatic heterocycles. The third-order valence-electron chi connectivity index (χ3n) is 10.8. The largest absolute Gasteiger partial charge is 0.354 e. The molecule has 5 amide bonds. The molecule has 0 aliphatic carbocycles. The molecule has 1 fully saturated rings. The molecule has 57 heavy (non-hydrogen) atoms. The van der Waals surface area contributed by atoms with Crippen molar-refractivity contribution in [3.63, 3.8) is 0 Å². The van der Waals surface area contributed by atoms with Crippen LogP contribution in [0.4, 0.5) is 13.6 Å². The van der Waals surface area contributed by atoms with Crippen LogP contribution < -0.4 is 21.3 Å². The Morgan fingerprint density at radius 1 is 0.860 bits per heavy atom. The highest BCUT2D eigenvalue weighted by molar-refractivity contribution is 7.88. The summed E-state index contributed by atoms with van der Waals surface area (Å²) in [7, 11) is -2.13. The molecule has 0 spiro atoms. The Kier molecular flexibility index (Phi) is 16.6. The molecule has 3 rings (SSSR count). The van der Waals surface area contributed by atoms with Crippen LogP contribution in [0.3, 0.4) is 0 Å². The van der Waals surface area contributed by atoms with Crippen LogP contribution >= 0.6 is 0 Å². The number of urea groups is 1. The number of carbonyl (C=O) groups is 4. The first kappa shape index (κ1) is 47.3. The fourth-order valence-electron chi connectivity index (χ4n) is 7.20. The van der Waals surface area contributed by atoms with Crippen LogP contribution in [0, 0.1) is 22.7 Å². The molecule has 0 radical (unpaired) electrons. The summed E-state index contributed by atoms with van der Waals surface area (Å²) in [6.07, 6.45) is -1.81. The van der Waals surface area contributed by atoms with Crippen LogP contribution in [0.25, 0.3) is 0 Å². The maximum atomic E-state index is 14.5. The number of halogens is 2. The molecule has 0 bridgehead atoms. The van der Waals surface area contributed by atoms with Crippen LogP contribution in [0.2, 0.25) is 0 Å². The highest BCUT2D eigenvalue weighted by Crippen LogP contribution is 2.34. The number of benzene rings is 2. The van der Waals surface area contributed by atoms with Gasteiger partial charge in [-0.25, -0.2) is 26.3 Å². The predicted molar refractivity (Wildman–Crippen MR) is 219 cm³/mol. The van der Waals surface area contributed by atoms with Gasteiger partial charge in [0.1, 0.15) is 18.1 Å². The second-order valence-electron chi connectivity index (χ2n) is 17.7. The molecular formula is C42H64F2N6O6S. The first-order chi connectivity index (χ1) is 26.4. The zero-order chi connectivity index (χ0) is 42.9. The second kappa shape index (κ2) is 20.0. The third-order valence-corrected chi connectivity index (χ3v) is 12.1. The van der Waals surface area contributed by atoms with Crippen molar-refractivity contribution in [1.29, 1.82) is 0 Å². The van der Waals surface area contributed by atoms with Gasteiger partial charge in [0.25, 0.3) is 0 Å². The predicted octanol–water partition coefficient (Wildman–Crippen LogP) is 5.36. The average Bonchev–Trinajstić information content (AvgIpc) is 3.57. The molecular weight excluding hydrogens is 755 g/mol. The van der Waals surface area contributed by atoms with Crippen molar-refractivity contribution in [3.8, 4) is 0 Å². The number of likely N-dealkylation sites (tertiary alicyclic amines) is 1. The van der Waals surface area contributed by atoms with Gasteiger partial charge in [0.05, 0.1) is 6.26 Å². The third kappa shape index (κ3) is 13.8. The van der Waals surface area contributed by atoms with Crippen LogP contribution in [0.5, 0.6) is 0 Å². The van der Waals surface area contributed by atoms with Crippen LogP contribution in [-0.2, 0) is 24.4 Å². The molecule has 0 unspecified atom stereocenters. The Labute approximate surface area is 338 Å². The molecule has 1 saturated heterocycles. The number of hydrogen-bond acceptors (Lipinski definition) is 6. The highest BCUT2D eigenvalue weighted by atomic mass is 32.2. The lowest BCUT2D eigenvalue weighted by molar-refractivity contribution is -0.144. The zero-order valence-electron chi connectivity index (χ0n) is 35.1. The van der Waals surface area contributed by atoms with E-state index in [1.807, 2.05) is 95.3 Å². The normalized spacial score (nSPS) is 18.1. The molecule has 318 valence electrons. The van der Waals surface area contributed by atoms with Crippen molar-refractivity contribution in [1.82, 2.24) is 30.5 Å². The lowest BCUT2D eigenvalue weighted by Gasteiger charge is -2.38. The first-order valence-electron chi connectivity index (χ1n) is 19.7. The standard InChI is InChI=1S/C42H64F2N6O6S/c1-27(2)30-22-24-50(39(53)36(42(6,7)8)48-40(54)47-33(41(3,4)5)26-49(9)57(10,55)56)35(30)38(52)46-32(25-34(43)44)37(51)45-23-21-31(28-17-13-11-14-18-28)29-19-15-12-16-20-29/h11-20,27,30-36H,21-26H2,1-10H3,(H,45,51)(H,46,52)(H2,47,48,54)/t30-,32+,33-,35+,36-/m1/s1. The molecule has 15 heteroatoms. The van der Waals surface area contributed by atoms with Crippen molar-refractivity contribution >= 4 is 33.8 Å².